The molecule has 0 spiro atoms. The van der Waals surface area contributed by atoms with Crippen molar-refractivity contribution in [1.82, 2.24) is 4.90 Å². The van der Waals surface area contributed by atoms with Crippen LogP contribution in [0.2, 0.25) is 0 Å². The summed E-state index contributed by atoms with van der Waals surface area (Å²) in [6.07, 6.45) is 0. The highest BCUT2D eigenvalue weighted by atomic mass is 19.1. The van der Waals surface area contributed by atoms with Crippen LogP contribution in [0.15, 0.2) is 18.2 Å². The van der Waals surface area contributed by atoms with Gasteiger partial charge >= 0.3 is 0 Å². The van der Waals surface area contributed by atoms with Crippen molar-refractivity contribution in [1.29, 1.82) is 0 Å². The van der Waals surface area contributed by atoms with Gasteiger partial charge in [-0.1, -0.05) is 0 Å². The number of hydrogen-bond donors (Lipinski definition) is 1. The summed E-state index contributed by atoms with van der Waals surface area (Å²) in [5.74, 6) is -0.738. The lowest BCUT2D eigenvalue weighted by Crippen LogP contribution is -2.42. The second kappa shape index (κ2) is 6.02. The third kappa shape index (κ3) is 4.21. The van der Waals surface area contributed by atoms with Gasteiger partial charge in [0.1, 0.15) is 0 Å². The monoisotopic (exact) mass is 269 g/mol. The fourth-order valence-corrected chi connectivity index (χ4v) is 1.77. The van der Waals surface area contributed by atoms with Crippen LogP contribution in [0.3, 0.4) is 0 Å². The van der Waals surface area contributed by atoms with Crippen molar-refractivity contribution in [3.05, 3.63) is 29.6 Å². The zero-order valence-corrected chi connectivity index (χ0v) is 11.7. The molecule has 4 nitrogen and oxygen atoms in total. The van der Waals surface area contributed by atoms with Crippen molar-refractivity contribution in [3.8, 4) is 5.75 Å². The minimum absolute atomic E-state index is 0.0326. The largest absolute Gasteiger partial charge is 0.494 e. The molecule has 0 bridgehead atoms. The lowest BCUT2D eigenvalue weighted by Gasteiger charge is -2.28. The van der Waals surface area contributed by atoms with Crippen molar-refractivity contribution in [2.24, 2.45) is 0 Å². The molecule has 0 aliphatic heterocycles. The molecular formula is C14H20FNO3. The molecule has 0 aromatic heterocycles. The van der Waals surface area contributed by atoms with Crippen LogP contribution in [-0.4, -0.2) is 41.7 Å². The van der Waals surface area contributed by atoms with E-state index in [-0.39, 0.29) is 18.2 Å². The van der Waals surface area contributed by atoms with Crippen LogP contribution < -0.4 is 4.74 Å². The van der Waals surface area contributed by atoms with Crippen LogP contribution in [0.5, 0.6) is 5.75 Å². The highest BCUT2D eigenvalue weighted by Gasteiger charge is 2.22. The van der Waals surface area contributed by atoms with E-state index in [9.17, 15) is 14.3 Å². The lowest BCUT2D eigenvalue weighted by molar-refractivity contribution is 0.0314. The first-order valence-corrected chi connectivity index (χ1v) is 6.13. The van der Waals surface area contributed by atoms with E-state index < -0.39 is 11.4 Å². The number of halogens is 1. The highest BCUT2D eigenvalue weighted by Crippen LogP contribution is 2.20. The van der Waals surface area contributed by atoms with Crippen LogP contribution in [-0.2, 0) is 0 Å². The summed E-state index contributed by atoms with van der Waals surface area (Å²) in [5, 5.41) is 9.78. The Morgan fingerprint density at radius 2 is 2.11 bits per heavy atom. The molecule has 19 heavy (non-hydrogen) atoms. The Bertz CT molecular complexity index is 454. The van der Waals surface area contributed by atoms with Crippen LogP contribution in [0, 0.1) is 5.82 Å². The van der Waals surface area contributed by atoms with Crippen LogP contribution in [0.1, 0.15) is 31.1 Å². The predicted molar refractivity (Wildman–Crippen MR) is 70.8 cm³/mol. The van der Waals surface area contributed by atoms with Crippen LogP contribution in [0.4, 0.5) is 4.39 Å². The van der Waals surface area contributed by atoms with Gasteiger partial charge in [-0.3, -0.25) is 4.79 Å². The molecule has 1 aromatic carbocycles. The molecule has 1 amide bonds. The van der Waals surface area contributed by atoms with Crippen LogP contribution >= 0.6 is 0 Å². The average molecular weight is 269 g/mol. The summed E-state index contributed by atoms with van der Waals surface area (Å²) in [6, 6.07) is 3.97. The molecule has 5 heteroatoms. The second-order valence-electron chi connectivity index (χ2n) is 4.98. The van der Waals surface area contributed by atoms with Gasteiger partial charge in [0.05, 0.1) is 12.7 Å². The minimum atomic E-state index is -0.976. The Balaban J connectivity index is 2.97. The van der Waals surface area contributed by atoms with Crippen molar-refractivity contribution in [3.63, 3.8) is 0 Å². The second-order valence-corrected chi connectivity index (χ2v) is 4.98. The number of nitrogens with zero attached hydrogens (tertiary/aromatic N) is 1. The van der Waals surface area contributed by atoms with Crippen molar-refractivity contribution < 1.29 is 19.0 Å². The number of methoxy groups -OCH3 is 1. The Kier molecular flexibility index (Phi) is 4.89. The Morgan fingerprint density at radius 1 is 1.47 bits per heavy atom. The molecule has 0 aliphatic carbocycles. The van der Waals surface area contributed by atoms with Gasteiger partial charge in [0.15, 0.2) is 11.6 Å². The van der Waals surface area contributed by atoms with E-state index in [0.717, 1.165) is 0 Å². The standard InChI is InChI=1S/C14H20FNO3/c1-5-16(9-14(2,3)18)13(17)10-6-7-11(15)12(8-10)19-4/h6-8,18H,5,9H2,1-4H3. The molecule has 0 fully saturated rings. The fraction of sp³-hybridized carbons (Fsp3) is 0.500. The van der Waals surface area contributed by atoms with Gasteiger partial charge in [0.25, 0.3) is 5.91 Å². The number of likely N-dealkylation sites (N-methyl/N-ethyl adjacent to an activating group) is 1. The smallest absolute Gasteiger partial charge is 0.254 e. The average Bonchev–Trinajstić information content (AvgIpc) is 2.34. The molecule has 0 saturated carbocycles. The maximum absolute atomic E-state index is 13.3. The molecule has 0 atom stereocenters. The van der Waals surface area contributed by atoms with E-state index in [4.69, 9.17) is 4.74 Å². The van der Waals surface area contributed by atoms with Gasteiger partial charge in [-0.2, -0.15) is 0 Å². The van der Waals surface area contributed by atoms with E-state index >= 15 is 0 Å². The molecule has 1 N–H and O–H groups in total. The van der Waals surface area contributed by atoms with E-state index in [1.807, 2.05) is 6.92 Å². The number of benzene rings is 1. The van der Waals surface area contributed by atoms with E-state index in [1.54, 1.807) is 13.8 Å². The lowest BCUT2D eigenvalue weighted by atomic mass is 10.1. The molecular weight excluding hydrogens is 249 g/mol. The minimum Gasteiger partial charge on any atom is -0.494 e. The third-order valence-corrected chi connectivity index (χ3v) is 2.64. The van der Waals surface area contributed by atoms with Gasteiger partial charge in [0, 0.05) is 18.7 Å². The molecule has 0 saturated heterocycles. The molecule has 0 heterocycles. The summed E-state index contributed by atoms with van der Waals surface area (Å²) < 4.78 is 18.2. The molecule has 0 aliphatic rings. The first kappa shape index (κ1) is 15.4. The molecule has 1 aromatic rings. The zero-order chi connectivity index (χ0) is 14.6. The van der Waals surface area contributed by atoms with Crippen molar-refractivity contribution in [2.75, 3.05) is 20.2 Å². The number of hydrogen-bond acceptors (Lipinski definition) is 3. The quantitative estimate of drug-likeness (QED) is 0.890. The molecule has 106 valence electrons. The number of ether oxygens (including phenoxy) is 1. The van der Waals surface area contributed by atoms with Gasteiger partial charge < -0.3 is 14.7 Å². The first-order chi connectivity index (χ1) is 8.78. The fourth-order valence-electron chi connectivity index (χ4n) is 1.77. The third-order valence-electron chi connectivity index (χ3n) is 2.64. The Labute approximate surface area is 112 Å². The van der Waals surface area contributed by atoms with Gasteiger partial charge in [-0.25, -0.2) is 4.39 Å². The molecule has 1 rings (SSSR count). The van der Waals surface area contributed by atoms with Gasteiger partial charge in [-0.15, -0.1) is 0 Å². The topological polar surface area (TPSA) is 49.8 Å². The van der Waals surface area contributed by atoms with Gasteiger partial charge in [0.2, 0.25) is 0 Å². The number of rotatable bonds is 5. The summed E-state index contributed by atoms with van der Waals surface area (Å²) in [4.78, 5) is 13.8. The SMILES string of the molecule is CCN(CC(C)(C)O)C(=O)c1ccc(F)c(OC)c1. The maximum atomic E-state index is 13.3. The Morgan fingerprint density at radius 3 is 2.58 bits per heavy atom. The van der Waals surface area contributed by atoms with Gasteiger partial charge in [-0.05, 0) is 39.0 Å². The van der Waals surface area contributed by atoms with Crippen molar-refractivity contribution in [2.45, 2.75) is 26.4 Å². The summed E-state index contributed by atoms with van der Waals surface area (Å²) in [5.41, 5.74) is -0.639. The predicted octanol–water partition coefficient (Wildman–Crippen LogP) is 2.07. The number of carbonyl (C=O) groups is 1. The first-order valence-electron chi connectivity index (χ1n) is 6.13. The van der Waals surface area contributed by atoms with E-state index in [1.165, 1.54) is 30.2 Å². The number of carbonyl (C=O) groups excluding carboxylic acids is 1. The number of aliphatic hydroxyl groups is 1. The number of amides is 1. The summed E-state index contributed by atoms with van der Waals surface area (Å²) in [6.45, 7) is 5.76. The van der Waals surface area contributed by atoms with E-state index in [2.05, 4.69) is 0 Å². The molecule has 0 unspecified atom stereocenters. The Hall–Kier alpha value is -1.62. The summed E-state index contributed by atoms with van der Waals surface area (Å²) >= 11 is 0. The zero-order valence-electron chi connectivity index (χ0n) is 11.7. The summed E-state index contributed by atoms with van der Waals surface area (Å²) in [7, 11) is 1.35. The molecule has 0 radical (unpaired) electrons. The van der Waals surface area contributed by atoms with E-state index in [0.29, 0.717) is 12.1 Å². The maximum Gasteiger partial charge on any atom is 0.254 e. The highest BCUT2D eigenvalue weighted by molar-refractivity contribution is 5.94. The van der Waals surface area contributed by atoms with Crippen LogP contribution in [0.25, 0.3) is 0 Å². The normalized spacial score (nSPS) is 11.3. The van der Waals surface area contributed by atoms with Crippen molar-refractivity contribution >= 4 is 5.91 Å².